The van der Waals surface area contributed by atoms with Crippen molar-refractivity contribution in [2.45, 2.75) is 25.9 Å². The van der Waals surface area contributed by atoms with Crippen LogP contribution in [-0.4, -0.2) is 37.0 Å². The lowest BCUT2D eigenvalue weighted by Gasteiger charge is -2.06. The molecule has 0 fully saturated rings. The molecular weight excluding hydrogens is 200 g/mol. The van der Waals surface area contributed by atoms with Gasteiger partial charge in [-0.1, -0.05) is 13.3 Å². The maximum absolute atomic E-state index is 11.1. The van der Waals surface area contributed by atoms with Gasteiger partial charge in [0.2, 0.25) is 0 Å². The van der Waals surface area contributed by atoms with Crippen molar-refractivity contribution in [3.63, 3.8) is 0 Å². The number of aliphatic hydroxyl groups excluding tert-OH is 1. The molecule has 0 spiro atoms. The van der Waals surface area contributed by atoms with Crippen LogP contribution in [0.4, 0.5) is 0 Å². The maximum atomic E-state index is 11.1. The molecule has 12 heavy (non-hydrogen) atoms. The monoisotopic (exact) mass is 214 g/mol. The highest BCUT2D eigenvalue weighted by Gasteiger charge is 2.15. The van der Waals surface area contributed by atoms with Gasteiger partial charge in [-0.05, 0) is 6.42 Å². The normalized spacial score (nSPS) is 14.6. The lowest BCUT2D eigenvalue weighted by Crippen LogP contribution is -2.24. The fraction of sp³-hybridized carbons (Fsp3) is 1.00. The molecule has 0 radical (unpaired) electrons. The van der Waals surface area contributed by atoms with Crippen LogP contribution in [0.25, 0.3) is 0 Å². The van der Waals surface area contributed by atoms with E-state index in [9.17, 15) is 8.42 Å². The van der Waals surface area contributed by atoms with Gasteiger partial charge < -0.3 is 5.11 Å². The highest BCUT2D eigenvalue weighted by atomic mass is 35.5. The molecular formula is C7H15ClO3S. The first-order chi connectivity index (χ1) is 5.52. The van der Waals surface area contributed by atoms with Crippen molar-refractivity contribution < 1.29 is 13.5 Å². The number of alkyl halides is 1. The minimum atomic E-state index is -3.09. The Labute approximate surface area is 78.7 Å². The van der Waals surface area contributed by atoms with Gasteiger partial charge in [0.05, 0.1) is 17.6 Å². The first kappa shape index (κ1) is 12.2. The highest BCUT2D eigenvalue weighted by Crippen LogP contribution is 2.00. The summed E-state index contributed by atoms with van der Waals surface area (Å²) in [5.41, 5.74) is 0. The average Bonchev–Trinajstić information content (AvgIpc) is 2.00. The Morgan fingerprint density at radius 3 is 2.50 bits per heavy atom. The molecule has 0 amide bonds. The van der Waals surface area contributed by atoms with Crippen LogP contribution in [0.1, 0.15) is 19.8 Å². The second-order valence-electron chi connectivity index (χ2n) is 2.78. The molecule has 0 bridgehead atoms. The van der Waals surface area contributed by atoms with Crippen molar-refractivity contribution in [1.29, 1.82) is 0 Å². The van der Waals surface area contributed by atoms with E-state index in [1.807, 2.05) is 6.92 Å². The lowest BCUT2D eigenvalue weighted by molar-refractivity contribution is 0.221. The number of sulfone groups is 1. The predicted molar refractivity (Wildman–Crippen MR) is 50.3 cm³/mol. The maximum Gasteiger partial charge on any atom is 0.152 e. The van der Waals surface area contributed by atoms with Crippen LogP contribution >= 0.6 is 11.6 Å². The number of hydrogen-bond acceptors (Lipinski definition) is 3. The van der Waals surface area contributed by atoms with Gasteiger partial charge in [-0.3, -0.25) is 0 Å². The number of hydrogen-bond donors (Lipinski definition) is 1. The average molecular weight is 215 g/mol. The number of halogens is 1. The third kappa shape index (κ3) is 5.80. The molecule has 74 valence electrons. The zero-order chi connectivity index (χ0) is 9.61. The molecule has 0 saturated carbocycles. The van der Waals surface area contributed by atoms with Gasteiger partial charge in [-0.2, -0.15) is 0 Å². The van der Waals surface area contributed by atoms with Crippen molar-refractivity contribution in [2.75, 3.05) is 17.4 Å². The summed E-state index contributed by atoms with van der Waals surface area (Å²) in [6.45, 7) is 1.92. The summed E-state index contributed by atoms with van der Waals surface area (Å²) >= 11 is 5.28. The lowest BCUT2D eigenvalue weighted by atomic mass is 10.4. The molecule has 0 aromatic rings. The van der Waals surface area contributed by atoms with Crippen molar-refractivity contribution in [1.82, 2.24) is 0 Å². The molecule has 1 N–H and O–H groups in total. The summed E-state index contributed by atoms with van der Waals surface area (Å²) in [6.07, 6.45) is 0.571. The largest absolute Gasteiger partial charge is 0.391 e. The Balaban J connectivity index is 3.88. The molecule has 0 aliphatic heterocycles. The topological polar surface area (TPSA) is 54.4 Å². The zero-order valence-corrected chi connectivity index (χ0v) is 8.74. The summed E-state index contributed by atoms with van der Waals surface area (Å²) in [5.74, 6) is -0.0840. The van der Waals surface area contributed by atoms with Crippen LogP contribution in [0.5, 0.6) is 0 Å². The first-order valence-electron chi connectivity index (χ1n) is 3.96. The van der Waals surface area contributed by atoms with E-state index in [-0.39, 0.29) is 17.4 Å². The van der Waals surface area contributed by atoms with Gasteiger partial charge in [0.25, 0.3) is 0 Å². The Morgan fingerprint density at radius 2 is 2.08 bits per heavy atom. The standard InChI is InChI=1S/C7H15ClO3S/c1-2-3-4-12(10,11)6-7(9)5-8/h7,9H,2-6H2,1H3/t7-/m1/s1. The first-order valence-corrected chi connectivity index (χ1v) is 6.32. The SMILES string of the molecule is CCCCS(=O)(=O)C[C@H](O)CCl. The van der Waals surface area contributed by atoms with Gasteiger partial charge in [-0.25, -0.2) is 8.42 Å². The van der Waals surface area contributed by atoms with Crippen molar-refractivity contribution in [3.8, 4) is 0 Å². The molecule has 0 aromatic carbocycles. The Morgan fingerprint density at radius 1 is 1.50 bits per heavy atom. The minimum Gasteiger partial charge on any atom is -0.391 e. The van der Waals surface area contributed by atoms with Crippen molar-refractivity contribution in [3.05, 3.63) is 0 Å². The van der Waals surface area contributed by atoms with E-state index in [1.165, 1.54) is 0 Å². The van der Waals surface area contributed by atoms with E-state index in [0.717, 1.165) is 6.42 Å². The van der Waals surface area contributed by atoms with Crippen LogP contribution in [0.2, 0.25) is 0 Å². The van der Waals surface area contributed by atoms with Crippen LogP contribution in [0, 0.1) is 0 Å². The number of unbranched alkanes of at least 4 members (excludes halogenated alkanes) is 1. The number of aliphatic hydroxyl groups is 1. The van der Waals surface area contributed by atoms with Crippen molar-refractivity contribution >= 4 is 21.4 Å². The third-order valence-electron chi connectivity index (χ3n) is 1.43. The van der Waals surface area contributed by atoms with E-state index in [1.54, 1.807) is 0 Å². The van der Waals surface area contributed by atoms with Gasteiger partial charge >= 0.3 is 0 Å². The van der Waals surface area contributed by atoms with Gasteiger partial charge in [0.15, 0.2) is 9.84 Å². The molecule has 5 heteroatoms. The summed E-state index contributed by atoms with van der Waals surface area (Å²) in [7, 11) is -3.09. The summed E-state index contributed by atoms with van der Waals surface area (Å²) < 4.78 is 22.3. The second kappa shape index (κ2) is 5.78. The Kier molecular flexibility index (Phi) is 5.88. The highest BCUT2D eigenvalue weighted by molar-refractivity contribution is 7.91. The van der Waals surface area contributed by atoms with Crippen LogP contribution in [0.15, 0.2) is 0 Å². The Hall–Kier alpha value is 0.200. The summed E-state index contributed by atoms with van der Waals surface area (Å²) in [5, 5.41) is 8.98. The van der Waals surface area contributed by atoms with Crippen molar-refractivity contribution in [2.24, 2.45) is 0 Å². The molecule has 0 rings (SSSR count). The van der Waals surface area contributed by atoms with Gasteiger partial charge in [0.1, 0.15) is 0 Å². The quantitative estimate of drug-likeness (QED) is 0.666. The van der Waals surface area contributed by atoms with E-state index in [0.29, 0.717) is 6.42 Å². The molecule has 0 unspecified atom stereocenters. The van der Waals surface area contributed by atoms with Gasteiger partial charge in [0, 0.05) is 5.88 Å². The third-order valence-corrected chi connectivity index (χ3v) is 3.59. The van der Waals surface area contributed by atoms with E-state index in [2.05, 4.69) is 0 Å². The van der Waals surface area contributed by atoms with Gasteiger partial charge in [-0.15, -0.1) is 11.6 Å². The summed E-state index contributed by atoms with van der Waals surface area (Å²) in [6, 6.07) is 0. The molecule has 0 saturated heterocycles. The molecule has 0 heterocycles. The zero-order valence-electron chi connectivity index (χ0n) is 7.16. The fourth-order valence-electron chi connectivity index (χ4n) is 0.785. The fourth-order valence-corrected chi connectivity index (χ4v) is 2.62. The van der Waals surface area contributed by atoms with Crippen LogP contribution in [-0.2, 0) is 9.84 Å². The molecule has 1 atom stereocenters. The van der Waals surface area contributed by atoms with E-state index < -0.39 is 15.9 Å². The summed E-state index contributed by atoms with van der Waals surface area (Å²) in [4.78, 5) is 0. The Bertz CT molecular complexity index is 201. The van der Waals surface area contributed by atoms with E-state index >= 15 is 0 Å². The van der Waals surface area contributed by atoms with Crippen LogP contribution < -0.4 is 0 Å². The second-order valence-corrected chi connectivity index (χ2v) is 5.31. The molecule has 0 aliphatic carbocycles. The minimum absolute atomic E-state index is 0.0225. The number of rotatable bonds is 6. The molecule has 0 aliphatic rings. The van der Waals surface area contributed by atoms with E-state index in [4.69, 9.17) is 16.7 Å². The smallest absolute Gasteiger partial charge is 0.152 e. The molecule has 0 aromatic heterocycles. The molecule has 3 nitrogen and oxygen atoms in total. The predicted octanol–water partition coefficient (Wildman–Crippen LogP) is 0.801. The van der Waals surface area contributed by atoms with Crippen LogP contribution in [0.3, 0.4) is 0 Å².